The predicted octanol–water partition coefficient (Wildman–Crippen LogP) is 4.28. The fraction of sp³-hybridized carbons (Fsp3) is 0.526. The largest absolute Gasteiger partial charge is 0.399 e. The average molecular weight is 302 g/mol. The molecule has 2 N–H and O–H groups in total. The molecule has 0 heterocycles. The highest BCUT2D eigenvalue weighted by Crippen LogP contribution is 2.27. The number of hydrogen-bond donors (Lipinski definition) is 1. The van der Waals surface area contributed by atoms with Crippen LogP contribution in [0.25, 0.3) is 0 Å². The number of carbonyl (C=O) groups is 1. The molecule has 1 rings (SSSR count). The van der Waals surface area contributed by atoms with Crippen molar-refractivity contribution in [1.29, 1.82) is 0 Å². The summed E-state index contributed by atoms with van der Waals surface area (Å²) in [4.78, 5) is 14.3. The van der Waals surface area contributed by atoms with E-state index in [1.807, 2.05) is 13.8 Å². The van der Waals surface area contributed by atoms with Gasteiger partial charge in [0.1, 0.15) is 5.78 Å². The molecule has 0 atom stereocenters. The summed E-state index contributed by atoms with van der Waals surface area (Å²) in [5.74, 6) is 0.312. The smallest absolute Gasteiger partial charge is 0.134 e. The number of anilines is 2. The minimum Gasteiger partial charge on any atom is -0.399 e. The molecule has 0 amide bonds. The summed E-state index contributed by atoms with van der Waals surface area (Å²) in [5, 5.41) is 0. The Morgan fingerprint density at radius 2 is 1.91 bits per heavy atom. The molecule has 1 aromatic carbocycles. The molecule has 22 heavy (non-hydrogen) atoms. The van der Waals surface area contributed by atoms with Gasteiger partial charge < -0.3 is 10.6 Å². The van der Waals surface area contributed by atoms with Crippen LogP contribution in [0.1, 0.15) is 51.2 Å². The number of nitrogen functional groups attached to an aromatic ring is 1. The molecular formula is C19H30N2O. The molecule has 1 aromatic rings. The Hall–Kier alpha value is -1.77. The SMILES string of the molecule is C=C(C)CCC(=O)CCN(CC)c1cc(C)c(N)cc1CC. The minimum atomic E-state index is 0.312. The number of rotatable bonds is 9. The first-order valence-electron chi connectivity index (χ1n) is 8.19. The lowest BCUT2D eigenvalue weighted by Gasteiger charge is -2.26. The molecule has 0 aliphatic carbocycles. The van der Waals surface area contributed by atoms with Gasteiger partial charge in [-0.2, -0.15) is 0 Å². The van der Waals surface area contributed by atoms with E-state index in [9.17, 15) is 4.79 Å². The van der Waals surface area contributed by atoms with E-state index in [1.54, 1.807) is 0 Å². The van der Waals surface area contributed by atoms with Gasteiger partial charge in [0.25, 0.3) is 0 Å². The molecule has 0 aliphatic heterocycles. The van der Waals surface area contributed by atoms with Gasteiger partial charge in [0.2, 0.25) is 0 Å². The Labute approximate surface area is 135 Å². The predicted molar refractivity (Wildman–Crippen MR) is 96.5 cm³/mol. The quantitative estimate of drug-likeness (QED) is 0.547. The lowest BCUT2D eigenvalue weighted by molar-refractivity contribution is -0.118. The van der Waals surface area contributed by atoms with Gasteiger partial charge in [-0.3, -0.25) is 4.79 Å². The molecule has 3 heteroatoms. The van der Waals surface area contributed by atoms with Gasteiger partial charge in [-0.25, -0.2) is 0 Å². The van der Waals surface area contributed by atoms with Crippen molar-refractivity contribution in [3.8, 4) is 0 Å². The van der Waals surface area contributed by atoms with E-state index in [1.165, 1.54) is 11.3 Å². The molecule has 0 saturated carbocycles. The summed E-state index contributed by atoms with van der Waals surface area (Å²) >= 11 is 0. The van der Waals surface area contributed by atoms with Gasteiger partial charge in [-0.1, -0.05) is 12.5 Å². The molecule has 0 aromatic heterocycles. The van der Waals surface area contributed by atoms with Crippen molar-refractivity contribution in [3.63, 3.8) is 0 Å². The Bertz CT molecular complexity index is 534. The van der Waals surface area contributed by atoms with E-state index in [0.29, 0.717) is 18.6 Å². The van der Waals surface area contributed by atoms with Crippen molar-refractivity contribution < 1.29 is 4.79 Å². The highest BCUT2D eigenvalue weighted by atomic mass is 16.1. The van der Waals surface area contributed by atoms with Crippen molar-refractivity contribution in [2.24, 2.45) is 0 Å². The van der Waals surface area contributed by atoms with E-state index in [2.05, 4.69) is 37.5 Å². The van der Waals surface area contributed by atoms with Crippen molar-refractivity contribution in [1.82, 2.24) is 0 Å². The summed E-state index contributed by atoms with van der Waals surface area (Å²) in [6.07, 6.45) is 2.94. The van der Waals surface area contributed by atoms with Gasteiger partial charge in [-0.05, 0) is 56.9 Å². The second-order valence-corrected chi connectivity index (χ2v) is 6.02. The monoisotopic (exact) mass is 302 g/mol. The highest BCUT2D eigenvalue weighted by Gasteiger charge is 2.12. The molecule has 0 bridgehead atoms. The maximum Gasteiger partial charge on any atom is 0.134 e. The third kappa shape index (κ3) is 5.21. The molecule has 0 spiro atoms. The van der Waals surface area contributed by atoms with Gasteiger partial charge in [0.15, 0.2) is 0 Å². The summed E-state index contributed by atoms with van der Waals surface area (Å²) < 4.78 is 0. The second kappa shape index (κ2) is 8.62. The van der Waals surface area contributed by atoms with Crippen LogP contribution in [-0.4, -0.2) is 18.9 Å². The fourth-order valence-electron chi connectivity index (χ4n) is 2.52. The Morgan fingerprint density at radius 1 is 1.23 bits per heavy atom. The van der Waals surface area contributed by atoms with Gasteiger partial charge in [0, 0.05) is 37.3 Å². The Kier molecular flexibility index (Phi) is 7.16. The van der Waals surface area contributed by atoms with Crippen molar-refractivity contribution in [2.75, 3.05) is 23.7 Å². The Balaban J connectivity index is 2.78. The molecule has 0 saturated heterocycles. The number of carbonyl (C=O) groups excluding carboxylic acids is 1. The van der Waals surface area contributed by atoms with E-state index in [0.717, 1.165) is 42.8 Å². The van der Waals surface area contributed by atoms with Crippen LogP contribution in [0.3, 0.4) is 0 Å². The first-order chi connectivity index (χ1) is 10.4. The number of ketones is 1. The zero-order valence-electron chi connectivity index (χ0n) is 14.5. The molecular weight excluding hydrogens is 272 g/mol. The summed E-state index contributed by atoms with van der Waals surface area (Å²) in [5.41, 5.74) is 11.5. The van der Waals surface area contributed by atoms with Gasteiger partial charge >= 0.3 is 0 Å². The first-order valence-corrected chi connectivity index (χ1v) is 8.19. The van der Waals surface area contributed by atoms with Crippen LogP contribution in [0, 0.1) is 6.92 Å². The summed E-state index contributed by atoms with van der Waals surface area (Å²) in [6, 6.07) is 4.21. The lowest BCUT2D eigenvalue weighted by atomic mass is 10.0. The number of allylic oxidation sites excluding steroid dienone is 1. The fourth-order valence-corrected chi connectivity index (χ4v) is 2.52. The van der Waals surface area contributed by atoms with Crippen molar-refractivity contribution in [2.45, 2.75) is 53.4 Å². The number of hydrogen-bond acceptors (Lipinski definition) is 3. The van der Waals surface area contributed by atoms with Crippen molar-refractivity contribution in [3.05, 3.63) is 35.4 Å². The molecule has 122 valence electrons. The maximum absolute atomic E-state index is 12.0. The zero-order chi connectivity index (χ0) is 16.7. The number of aryl methyl sites for hydroxylation is 2. The average Bonchev–Trinajstić information content (AvgIpc) is 2.48. The van der Waals surface area contributed by atoms with E-state index in [4.69, 9.17) is 5.73 Å². The van der Waals surface area contributed by atoms with Crippen LogP contribution in [-0.2, 0) is 11.2 Å². The topological polar surface area (TPSA) is 46.3 Å². The molecule has 0 fully saturated rings. The van der Waals surface area contributed by atoms with Crippen LogP contribution in [0.5, 0.6) is 0 Å². The molecule has 0 radical (unpaired) electrons. The lowest BCUT2D eigenvalue weighted by Crippen LogP contribution is -2.27. The van der Waals surface area contributed by atoms with Crippen LogP contribution in [0.15, 0.2) is 24.3 Å². The Morgan fingerprint density at radius 3 is 2.45 bits per heavy atom. The van der Waals surface area contributed by atoms with Gasteiger partial charge in [0.05, 0.1) is 0 Å². The standard InChI is InChI=1S/C19H30N2O/c1-6-16-13-18(20)15(5)12-19(16)21(7-2)11-10-17(22)9-8-14(3)4/h12-13H,3,6-11,20H2,1-2,4-5H3. The highest BCUT2D eigenvalue weighted by molar-refractivity contribution is 5.79. The van der Waals surface area contributed by atoms with Crippen molar-refractivity contribution >= 4 is 17.2 Å². The zero-order valence-corrected chi connectivity index (χ0v) is 14.5. The summed E-state index contributed by atoms with van der Waals surface area (Å²) in [6.45, 7) is 13.8. The van der Waals surface area contributed by atoms with Crippen LogP contribution < -0.4 is 10.6 Å². The van der Waals surface area contributed by atoms with E-state index < -0.39 is 0 Å². The van der Waals surface area contributed by atoms with Gasteiger partial charge in [-0.15, -0.1) is 6.58 Å². The molecule has 0 aliphatic rings. The first kappa shape index (κ1) is 18.3. The number of nitrogens with zero attached hydrogens (tertiary/aromatic N) is 1. The number of nitrogens with two attached hydrogens (primary N) is 1. The van der Waals surface area contributed by atoms with E-state index in [-0.39, 0.29) is 0 Å². The van der Waals surface area contributed by atoms with E-state index >= 15 is 0 Å². The maximum atomic E-state index is 12.0. The summed E-state index contributed by atoms with van der Waals surface area (Å²) in [7, 11) is 0. The third-order valence-electron chi connectivity index (χ3n) is 4.06. The normalized spacial score (nSPS) is 10.5. The molecule has 0 unspecified atom stereocenters. The van der Waals surface area contributed by atoms with Crippen LogP contribution >= 0.6 is 0 Å². The number of benzene rings is 1. The number of Topliss-reactive ketones (excluding diaryl/α,β-unsaturated/α-hetero) is 1. The minimum absolute atomic E-state index is 0.312. The second-order valence-electron chi connectivity index (χ2n) is 6.02. The third-order valence-corrected chi connectivity index (χ3v) is 4.06. The van der Waals surface area contributed by atoms with Crippen LogP contribution in [0.2, 0.25) is 0 Å². The van der Waals surface area contributed by atoms with Crippen LogP contribution in [0.4, 0.5) is 11.4 Å². The molecule has 3 nitrogen and oxygen atoms in total.